The highest BCUT2D eigenvalue weighted by molar-refractivity contribution is 9.13. The summed E-state index contributed by atoms with van der Waals surface area (Å²) in [6.07, 6.45) is 4.53. The lowest BCUT2D eigenvalue weighted by atomic mass is 10.1. The Kier molecular flexibility index (Phi) is 5.10. The van der Waals surface area contributed by atoms with Crippen LogP contribution in [0.15, 0.2) is 27.1 Å². The molecule has 0 aliphatic heterocycles. The second kappa shape index (κ2) is 6.40. The third-order valence-electron chi connectivity index (χ3n) is 3.17. The molecule has 0 aromatic heterocycles. The molecule has 1 aliphatic rings. The van der Waals surface area contributed by atoms with Crippen molar-refractivity contribution in [3.8, 4) is 0 Å². The molecular formula is C13H14Br2ClNO. The van der Waals surface area contributed by atoms with E-state index in [2.05, 4.69) is 37.2 Å². The standard InChI is InChI=1S/C13H14Br2ClNO/c14-10-6-5-8(7-11(10)15)12(16)13(18)17-9-3-1-2-4-9/h5-7,9,12H,1-4H2,(H,17,18). The van der Waals surface area contributed by atoms with Crippen molar-refractivity contribution in [3.63, 3.8) is 0 Å². The van der Waals surface area contributed by atoms with E-state index in [1.807, 2.05) is 18.2 Å². The number of amides is 1. The maximum Gasteiger partial charge on any atom is 0.242 e. The Morgan fingerprint density at radius 2 is 1.94 bits per heavy atom. The summed E-state index contributed by atoms with van der Waals surface area (Å²) in [5.74, 6) is -0.0993. The van der Waals surface area contributed by atoms with Gasteiger partial charge in [0.2, 0.25) is 5.91 Å². The zero-order valence-corrected chi connectivity index (χ0v) is 13.7. The second-order valence-corrected chi connectivity index (χ2v) is 6.67. The smallest absolute Gasteiger partial charge is 0.242 e. The summed E-state index contributed by atoms with van der Waals surface area (Å²) in [7, 11) is 0. The fourth-order valence-corrected chi connectivity index (χ4v) is 3.01. The van der Waals surface area contributed by atoms with Crippen LogP contribution >= 0.6 is 43.5 Å². The molecule has 0 saturated heterocycles. The van der Waals surface area contributed by atoms with E-state index in [1.54, 1.807) is 0 Å². The summed E-state index contributed by atoms with van der Waals surface area (Å²) in [5, 5.41) is 2.38. The maximum absolute atomic E-state index is 12.0. The van der Waals surface area contributed by atoms with E-state index in [9.17, 15) is 4.79 Å². The molecule has 0 radical (unpaired) electrons. The van der Waals surface area contributed by atoms with Gasteiger partial charge in [-0.05, 0) is 62.4 Å². The van der Waals surface area contributed by atoms with Gasteiger partial charge in [0.05, 0.1) is 0 Å². The minimum Gasteiger partial charge on any atom is -0.352 e. The van der Waals surface area contributed by atoms with Gasteiger partial charge in [-0.1, -0.05) is 18.9 Å². The lowest BCUT2D eigenvalue weighted by molar-refractivity contribution is -0.121. The Balaban J connectivity index is 2.02. The van der Waals surface area contributed by atoms with Crippen molar-refractivity contribution in [2.75, 3.05) is 0 Å². The predicted octanol–water partition coefficient (Wildman–Crippen LogP) is 4.55. The van der Waals surface area contributed by atoms with E-state index in [4.69, 9.17) is 11.6 Å². The van der Waals surface area contributed by atoms with Crippen molar-refractivity contribution in [2.45, 2.75) is 37.1 Å². The Morgan fingerprint density at radius 3 is 2.56 bits per heavy atom. The van der Waals surface area contributed by atoms with Crippen LogP contribution in [-0.2, 0) is 4.79 Å². The Morgan fingerprint density at radius 1 is 1.28 bits per heavy atom. The second-order valence-electron chi connectivity index (χ2n) is 4.53. The van der Waals surface area contributed by atoms with E-state index in [1.165, 1.54) is 12.8 Å². The van der Waals surface area contributed by atoms with Crippen LogP contribution in [-0.4, -0.2) is 11.9 Å². The molecule has 5 heteroatoms. The van der Waals surface area contributed by atoms with E-state index < -0.39 is 5.38 Å². The Bertz CT molecular complexity index is 447. The summed E-state index contributed by atoms with van der Waals surface area (Å²) in [4.78, 5) is 12.0. The topological polar surface area (TPSA) is 29.1 Å². The average molecular weight is 396 g/mol. The normalized spacial score (nSPS) is 17.7. The van der Waals surface area contributed by atoms with Gasteiger partial charge in [0, 0.05) is 15.0 Å². The molecule has 1 amide bonds. The van der Waals surface area contributed by atoms with E-state index >= 15 is 0 Å². The molecule has 18 heavy (non-hydrogen) atoms. The van der Waals surface area contributed by atoms with Crippen LogP contribution in [0.3, 0.4) is 0 Å². The summed E-state index contributed by atoms with van der Waals surface area (Å²) in [5.41, 5.74) is 0.808. The van der Waals surface area contributed by atoms with Crippen molar-refractivity contribution >= 4 is 49.4 Å². The van der Waals surface area contributed by atoms with E-state index in [-0.39, 0.29) is 5.91 Å². The van der Waals surface area contributed by atoms with Crippen molar-refractivity contribution in [1.29, 1.82) is 0 Å². The predicted molar refractivity (Wildman–Crippen MR) is 80.8 cm³/mol. The van der Waals surface area contributed by atoms with Gasteiger partial charge in [-0.15, -0.1) is 11.6 Å². The van der Waals surface area contributed by atoms with Crippen molar-refractivity contribution in [2.24, 2.45) is 0 Å². The molecule has 1 aromatic carbocycles. The van der Waals surface area contributed by atoms with Gasteiger partial charge in [-0.25, -0.2) is 0 Å². The largest absolute Gasteiger partial charge is 0.352 e. The van der Waals surface area contributed by atoms with E-state index in [0.29, 0.717) is 6.04 Å². The molecule has 0 heterocycles. The molecule has 1 aromatic rings. The zero-order valence-electron chi connectivity index (χ0n) is 9.76. The summed E-state index contributed by atoms with van der Waals surface area (Å²) < 4.78 is 1.85. The van der Waals surface area contributed by atoms with Crippen LogP contribution in [0.25, 0.3) is 0 Å². The van der Waals surface area contributed by atoms with Gasteiger partial charge in [0.25, 0.3) is 0 Å². The summed E-state index contributed by atoms with van der Waals surface area (Å²) in [6, 6.07) is 5.92. The average Bonchev–Trinajstić information content (AvgIpc) is 2.84. The number of hydrogen-bond donors (Lipinski definition) is 1. The fourth-order valence-electron chi connectivity index (χ4n) is 2.17. The number of nitrogens with one attached hydrogen (secondary N) is 1. The van der Waals surface area contributed by atoms with Gasteiger partial charge in [0.1, 0.15) is 5.38 Å². The highest BCUT2D eigenvalue weighted by Crippen LogP contribution is 2.29. The lowest BCUT2D eigenvalue weighted by Crippen LogP contribution is -2.34. The van der Waals surface area contributed by atoms with Gasteiger partial charge >= 0.3 is 0 Å². The number of carbonyl (C=O) groups excluding carboxylic acids is 1. The van der Waals surface area contributed by atoms with Crippen molar-refractivity contribution < 1.29 is 4.79 Å². The van der Waals surface area contributed by atoms with Crippen LogP contribution in [0.4, 0.5) is 0 Å². The molecule has 1 fully saturated rings. The molecule has 0 bridgehead atoms. The number of halogens is 3. The maximum atomic E-state index is 12.0. The molecule has 1 saturated carbocycles. The van der Waals surface area contributed by atoms with Crippen molar-refractivity contribution in [3.05, 3.63) is 32.7 Å². The van der Waals surface area contributed by atoms with E-state index in [0.717, 1.165) is 27.4 Å². The molecule has 1 aliphatic carbocycles. The van der Waals surface area contributed by atoms with Gasteiger partial charge in [-0.3, -0.25) is 4.79 Å². The molecule has 0 spiro atoms. The minimum absolute atomic E-state index is 0.0993. The fraction of sp³-hybridized carbons (Fsp3) is 0.462. The quantitative estimate of drug-likeness (QED) is 0.748. The highest BCUT2D eigenvalue weighted by Gasteiger charge is 2.23. The number of alkyl halides is 1. The molecular weight excluding hydrogens is 381 g/mol. The lowest BCUT2D eigenvalue weighted by Gasteiger charge is -2.16. The molecule has 1 atom stereocenters. The summed E-state index contributed by atoms with van der Waals surface area (Å²) in [6.45, 7) is 0. The molecule has 98 valence electrons. The first kappa shape index (κ1) is 14.4. The molecule has 2 nitrogen and oxygen atoms in total. The first-order chi connectivity index (χ1) is 8.58. The van der Waals surface area contributed by atoms with Crippen molar-refractivity contribution in [1.82, 2.24) is 5.32 Å². The molecule has 1 unspecified atom stereocenters. The van der Waals surface area contributed by atoms with Crippen LogP contribution in [0.1, 0.15) is 36.6 Å². The molecule has 2 rings (SSSR count). The Labute approximate surface area is 129 Å². The van der Waals surface area contributed by atoms with Crippen LogP contribution in [0.2, 0.25) is 0 Å². The monoisotopic (exact) mass is 393 g/mol. The zero-order chi connectivity index (χ0) is 13.1. The molecule has 1 N–H and O–H groups in total. The number of rotatable bonds is 3. The minimum atomic E-state index is -0.630. The first-order valence-electron chi connectivity index (χ1n) is 5.97. The Hall–Kier alpha value is -0.0600. The van der Waals surface area contributed by atoms with Gasteiger partial charge in [0.15, 0.2) is 0 Å². The highest BCUT2D eigenvalue weighted by atomic mass is 79.9. The van der Waals surface area contributed by atoms with Crippen LogP contribution in [0.5, 0.6) is 0 Å². The van der Waals surface area contributed by atoms with Gasteiger partial charge < -0.3 is 5.32 Å². The number of benzene rings is 1. The SMILES string of the molecule is O=C(NC1CCCC1)C(Cl)c1ccc(Br)c(Br)c1. The number of carbonyl (C=O) groups is 1. The van der Waals surface area contributed by atoms with Crippen LogP contribution < -0.4 is 5.32 Å². The van der Waals surface area contributed by atoms with Gasteiger partial charge in [-0.2, -0.15) is 0 Å². The van der Waals surface area contributed by atoms with Crippen LogP contribution in [0, 0.1) is 0 Å². The number of hydrogen-bond acceptors (Lipinski definition) is 1. The first-order valence-corrected chi connectivity index (χ1v) is 7.99. The summed E-state index contributed by atoms with van der Waals surface area (Å²) >= 11 is 13.0. The third-order valence-corrected chi connectivity index (χ3v) is 5.50. The third kappa shape index (κ3) is 3.49.